The zero-order chi connectivity index (χ0) is 104. The molecular weight excluding hydrogens is 1720 g/mol. The molecule has 0 aromatic carbocycles. The Labute approximate surface area is 786 Å². The summed E-state index contributed by atoms with van der Waals surface area (Å²) in [6, 6.07) is 19.0. The fourth-order valence-electron chi connectivity index (χ4n) is 10.3. The number of allylic oxidation sites excluding steroid dienone is 4. The Morgan fingerprint density at radius 1 is 0.382 bits per heavy atom. The summed E-state index contributed by atoms with van der Waals surface area (Å²) in [4.78, 5) is 136. The Hall–Kier alpha value is -12.7. The lowest BCUT2D eigenvalue weighted by Gasteiger charge is -2.10. The number of nitrogens with zero attached hydrogens (tertiary/aromatic N) is 16. The fraction of sp³-hybridized carbons (Fsp3) is 0.469. The second kappa shape index (κ2) is 71.2. The summed E-state index contributed by atoms with van der Waals surface area (Å²) in [6.45, 7) is 75.6. The molecule has 10 rings (SSSR count). The van der Waals surface area contributed by atoms with E-state index in [1.54, 1.807) is 87.8 Å². The van der Waals surface area contributed by atoms with Gasteiger partial charge in [-0.1, -0.05) is 159 Å². The second-order valence-electron chi connectivity index (χ2n) is 26.3. The van der Waals surface area contributed by atoms with E-state index in [1.165, 1.54) is 85.3 Å². The van der Waals surface area contributed by atoms with Gasteiger partial charge in [0.05, 0.1) is 80.4 Å². The summed E-state index contributed by atoms with van der Waals surface area (Å²) in [6.07, 6.45) is 6.68. The highest BCUT2D eigenvalue weighted by atomic mass is 35.5. The number of carbonyl (C=O) groups excluding carboxylic acids is 3. The summed E-state index contributed by atoms with van der Waals surface area (Å²) in [7, 11) is 3.35. The molecule has 0 aliphatic rings. The monoisotopic (exact) mass is 1870 g/mol. The smallest absolute Gasteiger partial charge is 0.306 e. The van der Waals surface area contributed by atoms with Crippen LogP contribution in [0, 0.1) is 144 Å². The molecule has 33 nitrogen and oxygen atoms in total. The largest absolute Gasteiger partial charge is 0.417 e. The Morgan fingerprint density at radius 2 is 0.725 bits per heavy atom. The standard InChI is InChI=1S/2C11H14N2O2.2C11H14N2O.2C10H12N2O3.2C6H5ClN2O2.C4H8O.8C2H6/c1-7(2)8(3)11-9(4)12-6-5-10(11)13(14)15;1-7(2)9(4)11-10(13(14)15)6-5-8(3)12-11;1-7-9(3)13(14-4)10-5-6-12-8(2)11(7)10;1-7-5-6-10-11(12-7)8(2)9(3)13(10)14-4;1-6(8(3)13)10-7(2)11-5-4-9(10)12(14)15;1-6-4-5-9(12(14)15)10(11-6)7(2)8(3)13;1-4-6(7)5(9(10)11)2-3-8-4;1-4-2-3-5(9(10)11)6(7)8-4;1-3-4(2)5;8*1-2/h2*5-6H,1-4H3;2*5-6H,1-4H3;4-6H,1-3H3;4-5,7H,1-3H3;2*2-3H,1H3;3H2,1-2H3;8*1-2H3. The Kier molecular flexibility index (Phi) is 71.5. The topological polar surface area (TPSA) is 441 Å². The molecule has 0 saturated heterocycles. The van der Waals surface area contributed by atoms with Gasteiger partial charge in [-0.3, -0.25) is 100 Å². The number of hydrogen-bond donors (Lipinski definition) is 0. The molecule has 0 N–H and O–H groups in total. The molecule has 10 aromatic rings. The van der Waals surface area contributed by atoms with Gasteiger partial charge in [-0.2, -0.15) is 9.46 Å². The van der Waals surface area contributed by atoms with Crippen LogP contribution in [0.3, 0.4) is 0 Å². The van der Waals surface area contributed by atoms with Crippen molar-refractivity contribution in [2.24, 2.45) is 0 Å². The van der Waals surface area contributed by atoms with Crippen LogP contribution in [-0.4, -0.2) is 110 Å². The zero-order valence-electron chi connectivity index (χ0n) is 85.5. The number of fused-ring (bicyclic) bond motifs is 2. The van der Waals surface area contributed by atoms with Gasteiger partial charge < -0.3 is 14.5 Å². The molecule has 0 amide bonds. The summed E-state index contributed by atoms with van der Waals surface area (Å²) >= 11 is 11.1. The van der Waals surface area contributed by atoms with E-state index in [4.69, 9.17) is 32.9 Å². The van der Waals surface area contributed by atoms with Crippen molar-refractivity contribution in [1.82, 2.24) is 49.3 Å². The summed E-state index contributed by atoms with van der Waals surface area (Å²) < 4.78 is 3.66. The first-order chi connectivity index (χ1) is 61.6. The molecule has 0 saturated carbocycles. The van der Waals surface area contributed by atoms with E-state index in [0.717, 1.165) is 67.3 Å². The van der Waals surface area contributed by atoms with Crippen LogP contribution in [0.25, 0.3) is 33.1 Å². The van der Waals surface area contributed by atoms with Crippen molar-refractivity contribution in [3.05, 3.63) is 270 Å². The predicted molar refractivity (Wildman–Crippen MR) is 535 cm³/mol. The van der Waals surface area contributed by atoms with Crippen molar-refractivity contribution in [3.63, 3.8) is 0 Å². The SMILES string of the molecule is CC.CC.CC.CC.CC.CC.CC.CC.CC(=O)C(C)c1c([N+](=O)[O-])ccnc1C.CC(=O)C(C)c1nc(C)ccc1[N+](=O)[O-].CC(C)=C(C)c1c([N+](=O)[O-])ccnc1C.CC(C)=C(C)c1nc(C)ccc1[N+](=O)[O-].CCC(C)=O.COn1c(C)c(C)c2c(C)nccc21.COn1c(C)c(C)c2nc(C)ccc21.Cc1ccc([N+](=O)[O-])c(Cl)n1.Cc1nccc([N+](=O)[O-])c1Cl. The van der Waals surface area contributed by atoms with Gasteiger partial charge in [0.2, 0.25) is 5.15 Å². The first-order valence-electron chi connectivity index (χ1n) is 43.3. The molecule has 0 fully saturated rings. The minimum Gasteiger partial charge on any atom is -0.417 e. The van der Waals surface area contributed by atoms with Crippen LogP contribution in [0.5, 0.6) is 0 Å². The Bertz CT molecular complexity index is 5310. The van der Waals surface area contributed by atoms with Gasteiger partial charge in [-0.15, -0.1) is 0 Å². The second-order valence-corrected chi connectivity index (χ2v) is 27.0. The number of halogens is 2. The number of rotatable bonds is 15. The van der Waals surface area contributed by atoms with Crippen LogP contribution in [0.4, 0.5) is 34.1 Å². The Balaban J connectivity index is -0.000000261. The van der Waals surface area contributed by atoms with E-state index in [9.17, 15) is 75.1 Å². The maximum atomic E-state index is 11.2. The third-order valence-electron chi connectivity index (χ3n) is 17.7. The minimum absolute atomic E-state index is 0.0369. The molecule has 0 aliphatic heterocycles. The number of Topliss-reactive ketones (excluding diaryl/α,β-unsaturated/α-hetero) is 3. The van der Waals surface area contributed by atoms with E-state index in [2.05, 4.69) is 60.6 Å². The van der Waals surface area contributed by atoms with Gasteiger partial charge in [0.15, 0.2) is 0 Å². The van der Waals surface area contributed by atoms with Crippen molar-refractivity contribution >= 4 is 108 Å². The number of nitro groups is 6. The third-order valence-corrected chi connectivity index (χ3v) is 18.4. The molecule has 10 heterocycles. The van der Waals surface area contributed by atoms with Gasteiger partial charge in [0.25, 0.3) is 28.4 Å². The van der Waals surface area contributed by atoms with Crippen LogP contribution in [-0.2, 0) is 14.4 Å². The van der Waals surface area contributed by atoms with E-state index in [-0.39, 0.29) is 72.3 Å². The third kappa shape index (κ3) is 43.5. The van der Waals surface area contributed by atoms with E-state index in [0.29, 0.717) is 51.7 Å². The number of carbonyl (C=O) groups is 3. The molecule has 0 bridgehead atoms. The van der Waals surface area contributed by atoms with Crippen LogP contribution < -0.4 is 9.68 Å². The molecular formula is C96H146Cl2N16O17. The number of pyridine rings is 8. The van der Waals surface area contributed by atoms with Gasteiger partial charge in [-0.05, 0) is 211 Å². The predicted octanol–water partition coefficient (Wildman–Crippen LogP) is 27.3. The average molecular weight is 1870 g/mol. The van der Waals surface area contributed by atoms with Crippen LogP contribution in [0.15, 0.2) is 109 Å². The summed E-state index contributed by atoms with van der Waals surface area (Å²) in [5.41, 5.74) is 19.2. The molecule has 0 aliphatic carbocycles. The molecule has 10 aromatic heterocycles. The molecule has 35 heteroatoms. The first kappa shape index (κ1) is 131. The lowest BCUT2D eigenvalue weighted by atomic mass is 9.95. The Morgan fingerprint density at radius 3 is 1.12 bits per heavy atom. The average Bonchev–Trinajstić information content (AvgIpc) is 1.59. The molecule has 0 radical (unpaired) electrons. The normalized spacial score (nSPS) is 9.65. The highest BCUT2D eigenvalue weighted by molar-refractivity contribution is 6.33. The van der Waals surface area contributed by atoms with Crippen molar-refractivity contribution in [1.29, 1.82) is 0 Å². The molecule has 726 valence electrons. The number of ketones is 3. The quantitative estimate of drug-likeness (QED) is 0.0522. The highest BCUT2D eigenvalue weighted by Crippen LogP contribution is 2.33. The number of hydrogen-bond acceptors (Lipinski definition) is 25. The van der Waals surface area contributed by atoms with E-state index >= 15 is 0 Å². The zero-order valence-corrected chi connectivity index (χ0v) is 87.0. The van der Waals surface area contributed by atoms with Crippen molar-refractivity contribution < 1.29 is 53.6 Å². The van der Waals surface area contributed by atoms with Crippen LogP contribution >= 0.6 is 23.2 Å². The van der Waals surface area contributed by atoms with Crippen LogP contribution in [0.1, 0.15) is 303 Å². The maximum Gasteiger partial charge on any atom is 0.306 e. The van der Waals surface area contributed by atoms with E-state index in [1.807, 2.05) is 221 Å². The summed E-state index contributed by atoms with van der Waals surface area (Å²) in [5.74, 6) is -1.00. The summed E-state index contributed by atoms with van der Waals surface area (Å²) in [5, 5.41) is 64.9. The van der Waals surface area contributed by atoms with Gasteiger partial charge in [0, 0.05) is 113 Å². The molecule has 131 heavy (non-hydrogen) atoms. The number of aromatic nitrogens is 10. The minimum atomic E-state index is -0.561. The molecule has 0 spiro atoms. The maximum absolute atomic E-state index is 11.2. The van der Waals surface area contributed by atoms with E-state index < -0.39 is 36.5 Å². The molecule has 2 unspecified atom stereocenters. The first-order valence-corrected chi connectivity index (χ1v) is 44.1. The van der Waals surface area contributed by atoms with Gasteiger partial charge >= 0.3 is 5.69 Å². The lowest BCUT2D eigenvalue weighted by Crippen LogP contribution is -2.10. The van der Waals surface area contributed by atoms with Gasteiger partial charge in [0.1, 0.15) is 53.5 Å². The van der Waals surface area contributed by atoms with Gasteiger partial charge in [-0.25, -0.2) is 9.97 Å². The highest BCUT2D eigenvalue weighted by Gasteiger charge is 2.27. The van der Waals surface area contributed by atoms with Crippen LogP contribution in [0.2, 0.25) is 10.2 Å². The van der Waals surface area contributed by atoms with Crippen molar-refractivity contribution in [2.45, 2.75) is 295 Å². The van der Waals surface area contributed by atoms with Crippen molar-refractivity contribution in [2.75, 3.05) is 14.2 Å². The van der Waals surface area contributed by atoms with Crippen molar-refractivity contribution in [3.8, 4) is 0 Å². The lowest BCUT2D eigenvalue weighted by molar-refractivity contribution is -0.386. The number of aryl methyl sites for hydroxylation is 10. The molecule has 2 atom stereocenters. The fourth-order valence-corrected chi connectivity index (χ4v) is 10.8.